The van der Waals surface area contributed by atoms with Crippen LogP contribution in [0.15, 0.2) is 30.3 Å². The first-order chi connectivity index (χ1) is 5.17. The highest BCUT2D eigenvalue weighted by Gasteiger charge is 2.24. The first-order valence-electron chi connectivity index (χ1n) is 3.16. The Bertz CT molecular complexity index is 221. The minimum atomic E-state index is -0.707. The maximum absolute atomic E-state index is 12.4. The number of rotatable bonds is 2. The van der Waals surface area contributed by atoms with Gasteiger partial charge >= 0.3 is 0 Å². The number of hydrogen-bond donors (Lipinski definition) is 0. The Labute approximate surface area is 82.1 Å². The quantitative estimate of drug-likeness (QED) is 0.727. The molecule has 0 aliphatic heterocycles. The van der Waals surface area contributed by atoms with Gasteiger partial charge in [-0.15, -0.1) is 0 Å². The summed E-state index contributed by atoms with van der Waals surface area (Å²) in [6, 6.07) is 9.38. The first kappa shape index (κ1) is 9.20. The molecular weight excluding hydrogens is 275 g/mol. The number of benzene rings is 1. The summed E-state index contributed by atoms with van der Waals surface area (Å²) in [6.45, 7) is -0.475. The predicted octanol–water partition coefficient (Wildman–Crippen LogP) is 3.60. The molecule has 0 radical (unpaired) electrons. The highest BCUT2D eigenvalue weighted by atomic mass is 79.9. The van der Waals surface area contributed by atoms with Crippen molar-refractivity contribution in [3.63, 3.8) is 0 Å². The molecule has 1 rings (SSSR count). The van der Waals surface area contributed by atoms with Crippen LogP contribution in [0.25, 0.3) is 0 Å². The molecule has 0 bridgehead atoms. The van der Waals surface area contributed by atoms with Gasteiger partial charge in [0.15, 0.2) is 0 Å². The van der Waals surface area contributed by atoms with E-state index < -0.39 is 9.91 Å². The maximum Gasteiger partial charge on any atom is 0.133 e. The standard InChI is InChI=1S/C8H7Br2F/c9-8(10,6-11)7-4-2-1-3-5-7/h1-5H,6H2. The highest BCUT2D eigenvalue weighted by Crippen LogP contribution is 2.37. The van der Waals surface area contributed by atoms with E-state index in [-0.39, 0.29) is 0 Å². The summed E-state index contributed by atoms with van der Waals surface area (Å²) < 4.78 is 11.7. The lowest BCUT2D eigenvalue weighted by molar-refractivity contribution is 0.480. The van der Waals surface area contributed by atoms with E-state index in [0.29, 0.717) is 0 Å². The molecule has 0 atom stereocenters. The summed E-state index contributed by atoms with van der Waals surface area (Å²) >= 11 is 6.46. The Kier molecular flexibility index (Phi) is 3.07. The van der Waals surface area contributed by atoms with Crippen LogP contribution in [-0.2, 0) is 3.23 Å². The predicted molar refractivity (Wildman–Crippen MR) is 51.9 cm³/mol. The van der Waals surface area contributed by atoms with E-state index >= 15 is 0 Å². The summed E-state index contributed by atoms with van der Waals surface area (Å²) in [5.74, 6) is 0. The molecule has 0 nitrogen and oxygen atoms in total. The molecule has 0 fully saturated rings. The summed E-state index contributed by atoms with van der Waals surface area (Å²) in [4.78, 5) is 0. The van der Waals surface area contributed by atoms with Crippen LogP contribution in [0.1, 0.15) is 5.56 Å². The van der Waals surface area contributed by atoms with Crippen LogP contribution in [-0.4, -0.2) is 6.67 Å². The van der Waals surface area contributed by atoms with Crippen molar-refractivity contribution >= 4 is 31.9 Å². The fourth-order valence-electron chi connectivity index (χ4n) is 0.759. The zero-order valence-corrected chi connectivity index (χ0v) is 8.90. The van der Waals surface area contributed by atoms with Gasteiger partial charge < -0.3 is 0 Å². The summed E-state index contributed by atoms with van der Waals surface area (Å²) in [5.41, 5.74) is 0.891. The van der Waals surface area contributed by atoms with E-state index in [9.17, 15) is 4.39 Å². The Hall–Kier alpha value is 0.110. The lowest BCUT2D eigenvalue weighted by Crippen LogP contribution is -2.10. The molecule has 0 aromatic heterocycles. The van der Waals surface area contributed by atoms with Crippen molar-refractivity contribution in [2.24, 2.45) is 0 Å². The SMILES string of the molecule is FCC(Br)(Br)c1ccccc1. The number of hydrogen-bond acceptors (Lipinski definition) is 0. The van der Waals surface area contributed by atoms with Gasteiger partial charge in [0.2, 0.25) is 0 Å². The van der Waals surface area contributed by atoms with Crippen LogP contribution in [0, 0.1) is 0 Å². The smallest absolute Gasteiger partial charge is 0.133 e. The summed E-state index contributed by atoms with van der Waals surface area (Å²) in [5, 5.41) is 0. The van der Waals surface area contributed by atoms with Gasteiger partial charge in [-0.1, -0.05) is 62.2 Å². The molecule has 0 saturated heterocycles. The van der Waals surface area contributed by atoms with Crippen LogP contribution in [0.3, 0.4) is 0 Å². The van der Waals surface area contributed by atoms with E-state index in [1.165, 1.54) is 0 Å². The van der Waals surface area contributed by atoms with E-state index in [2.05, 4.69) is 31.9 Å². The average Bonchev–Trinajstić information content (AvgIpc) is 2.06. The van der Waals surface area contributed by atoms with Crippen molar-refractivity contribution < 1.29 is 4.39 Å². The molecular formula is C8H7Br2F. The largest absolute Gasteiger partial charge is 0.248 e. The van der Waals surface area contributed by atoms with Crippen molar-refractivity contribution in [3.8, 4) is 0 Å². The van der Waals surface area contributed by atoms with E-state index in [4.69, 9.17) is 0 Å². The van der Waals surface area contributed by atoms with Gasteiger partial charge in [-0.3, -0.25) is 0 Å². The molecule has 0 aliphatic rings. The molecule has 0 saturated carbocycles. The minimum Gasteiger partial charge on any atom is -0.248 e. The summed E-state index contributed by atoms with van der Waals surface area (Å²) in [7, 11) is 0. The average molecular weight is 282 g/mol. The molecule has 0 unspecified atom stereocenters. The molecule has 1 aromatic rings. The van der Waals surface area contributed by atoms with Gasteiger partial charge in [0, 0.05) is 0 Å². The molecule has 0 aliphatic carbocycles. The van der Waals surface area contributed by atoms with Crippen LogP contribution >= 0.6 is 31.9 Å². The topological polar surface area (TPSA) is 0 Å². The molecule has 3 heteroatoms. The van der Waals surface area contributed by atoms with E-state index in [1.54, 1.807) is 0 Å². The van der Waals surface area contributed by atoms with Gasteiger partial charge in [-0.05, 0) is 5.56 Å². The zero-order chi connectivity index (χ0) is 8.32. The maximum atomic E-state index is 12.4. The first-order valence-corrected chi connectivity index (χ1v) is 4.75. The Balaban J connectivity index is 2.93. The van der Waals surface area contributed by atoms with Crippen molar-refractivity contribution in [2.45, 2.75) is 3.23 Å². The van der Waals surface area contributed by atoms with Gasteiger partial charge in [0.25, 0.3) is 0 Å². The fourth-order valence-corrected chi connectivity index (χ4v) is 1.29. The fraction of sp³-hybridized carbons (Fsp3) is 0.250. The number of halogens is 3. The third-order valence-electron chi connectivity index (χ3n) is 1.36. The van der Waals surface area contributed by atoms with Crippen molar-refractivity contribution in [2.75, 3.05) is 6.67 Å². The van der Waals surface area contributed by atoms with Gasteiger partial charge in [-0.2, -0.15) is 0 Å². The van der Waals surface area contributed by atoms with Crippen LogP contribution in [0.5, 0.6) is 0 Å². The zero-order valence-electron chi connectivity index (χ0n) is 5.73. The molecule has 11 heavy (non-hydrogen) atoms. The second kappa shape index (κ2) is 3.68. The molecule has 1 aromatic carbocycles. The Morgan fingerprint density at radius 3 is 2.18 bits per heavy atom. The third kappa shape index (κ3) is 2.27. The van der Waals surface area contributed by atoms with Gasteiger partial charge in [0.1, 0.15) is 9.91 Å². The van der Waals surface area contributed by atoms with Crippen LogP contribution < -0.4 is 0 Å². The Morgan fingerprint density at radius 2 is 1.73 bits per heavy atom. The minimum absolute atomic E-state index is 0.475. The molecule has 0 amide bonds. The second-order valence-corrected chi connectivity index (χ2v) is 5.98. The van der Waals surface area contributed by atoms with Crippen LogP contribution in [0.4, 0.5) is 4.39 Å². The summed E-state index contributed by atoms with van der Waals surface area (Å²) in [6.07, 6.45) is 0. The van der Waals surface area contributed by atoms with E-state index in [1.807, 2.05) is 30.3 Å². The molecule has 0 N–H and O–H groups in total. The van der Waals surface area contributed by atoms with Gasteiger partial charge in [0.05, 0.1) is 0 Å². The lowest BCUT2D eigenvalue weighted by Gasteiger charge is -2.15. The number of alkyl halides is 3. The molecule has 60 valence electrons. The lowest BCUT2D eigenvalue weighted by atomic mass is 10.2. The third-order valence-corrected chi connectivity index (χ3v) is 2.70. The van der Waals surface area contributed by atoms with Crippen molar-refractivity contribution in [3.05, 3.63) is 35.9 Å². The monoisotopic (exact) mass is 280 g/mol. The Morgan fingerprint density at radius 1 is 1.18 bits per heavy atom. The van der Waals surface area contributed by atoms with Crippen molar-refractivity contribution in [1.29, 1.82) is 0 Å². The molecule has 0 spiro atoms. The van der Waals surface area contributed by atoms with Crippen LogP contribution in [0.2, 0.25) is 0 Å². The van der Waals surface area contributed by atoms with Gasteiger partial charge in [-0.25, -0.2) is 4.39 Å². The van der Waals surface area contributed by atoms with Crippen molar-refractivity contribution in [1.82, 2.24) is 0 Å². The highest BCUT2D eigenvalue weighted by molar-refractivity contribution is 9.24. The van der Waals surface area contributed by atoms with E-state index in [0.717, 1.165) is 5.56 Å². The normalized spacial score (nSPS) is 11.5. The second-order valence-electron chi connectivity index (χ2n) is 2.20. The molecule has 0 heterocycles.